The fraction of sp³-hybridized carbons (Fsp3) is 0.308. The van der Waals surface area contributed by atoms with Crippen LogP contribution in [0, 0.1) is 0 Å². The van der Waals surface area contributed by atoms with Crippen LogP contribution in [0.5, 0.6) is 5.75 Å². The number of nitrogens with zero attached hydrogens (tertiary/aromatic N) is 2. The topological polar surface area (TPSA) is 53.1 Å². The Morgan fingerprint density at radius 3 is 2.59 bits per heavy atom. The molecule has 2 aromatic rings. The average Bonchev–Trinajstić information content (AvgIpc) is 2.77. The van der Waals surface area contributed by atoms with Crippen molar-refractivity contribution in [1.29, 1.82) is 0 Å². The highest BCUT2D eigenvalue weighted by Crippen LogP contribution is 2.17. The van der Waals surface area contributed by atoms with E-state index in [9.17, 15) is 0 Å². The van der Waals surface area contributed by atoms with E-state index in [2.05, 4.69) is 4.98 Å². The summed E-state index contributed by atoms with van der Waals surface area (Å²) in [5, 5.41) is 0. The summed E-state index contributed by atoms with van der Waals surface area (Å²) in [6, 6.07) is 7.91. The molecule has 0 spiro atoms. The molecule has 0 amide bonds. The van der Waals surface area contributed by atoms with E-state index in [-0.39, 0.29) is 6.10 Å². The van der Waals surface area contributed by atoms with E-state index in [0.29, 0.717) is 6.54 Å². The van der Waals surface area contributed by atoms with Crippen molar-refractivity contribution in [3.8, 4) is 11.4 Å². The molecule has 0 atom stereocenters. The maximum absolute atomic E-state index is 5.64. The number of benzene rings is 1. The second-order valence-corrected chi connectivity index (χ2v) is 4.12. The van der Waals surface area contributed by atoms with E-state index in [0.717, 1.165) is 17.1 Å². The Morgan fingerprint density at radius 2 is 2.00 bits per heavy atom. The Kier molecular flexibility index (Phi) is 3.44. The van der Waals surface area contributed by atoms with Crippen molar-refractivity contribution in [2.24, 2.45) is 5.73 Å². The number of imidazole rings is 1. The van der Waals surface area contributed by atoms with Crippen LogP contribution in [-0.2, 0) is 6.54 Å². The minimum atomic E-state index is 0.189. The summed E-state index contributed by atoms with van der Waals surface area (Å²) in [6.45, 7) is 4.50. The van der Waals surface area contributed by atoms with Crippen LogP contribution >= 0.6 is 0 Å². The van der Waals surface area contributed by atoms with Gasteiger partial charge in [0.25, 0.3) is 0 Å². The number of hydrogen-bond acceptors (Lipinski definition) is 3. The molecule has 0 aliphatic heterocycles. The van der Waals surface area contributed by atoms with Crippen molar-refractivity contribution in [1.82, 2.24) is 9.55 Å². The molecule has 0 aliphatic carbocycles. The zero-order valence-electron chi connectivity index (χ0n) is 10.1. The second-order valence-electron chi connectivity index (χ2n) is 4.12. The largest absolute Gasteiger partial charge is 0.491 e. The van der Waals surface area contributed by atoms with E-state index in [1.54, 1.807) is 12.5 Å². The quantitative estimate of drug-likeness (QED) is 0.876. The standard InChI is InChI=1S/C13H17N3O/c1-10(2)17-13-5-3-11(4-6-13)16-9-15-8-12(16)7-14/h3-6,8-10H,7,14H2,1-2H3. The lowest BCUT2D eigenvalue weighted by atomic mass is 10.3. The molecule has 1 aromatic heterocycles. The van der Waals surface area contributed by atoms with Crippen LogP contribution in [0.4, 0.5) is 0 Å². The van der Waals surface area contributed by atoms with Gasteiger partial charge in [0.15, 0.2) is 0 Å². The van der Waals surface area contributed by atoms with Gasteiger partial charge in [-0.05, 0) is 38.1 Å². The third-order valence-electron chi connectivity index (χ3n) is 2.41. The molecule has 17 heavy (non-hydrogen) atoms. The molecule has 1 aromatic carbocycles. The van der Waals surface area contributed by atoms with Gasteiger partial charge >= 0.3 is 0 Å². The highest BCUT2D eigenvalue weighted by Gasteiger charge is 2.03. The SMILES string of the molecule is CC(C)Oc1ccc(-n2cncc2CN)cc1. The first-order valence-corrected chi connectivity index (χ1v) is 5.69. The molecule has 0 fully saturated rings. The first-order valence-electron chi connectivity index (χ1n) is 5.69. The van der Waals surface area contributed by atoms with Gasteiger partial charge in [0.05, 0.1) is 18.1 Å². The van der Waals surface area contributed by atoms with E-state index in [1.807, 2.05) is 42.7 Å². The Morgan fingerprint density at radius 1 is 1.29 bits per heavy atom. The third-order valence-corrected chi connectivity index (χ3v) is 2.41. The van der Waals surface area contributed by atoms with Crippen LogP contribution in [0.25, 0.3) is 5.69 Å². The molecule has 4 heteroatoms. The molecule has 0 unspecified atom stereocenters. The second kappa shape index (κ2) is 5.01. The van der Waals surface area contributed by atoms with Crippen molar-refractivity contribution >= 4 is 0 Å². The van der Waals surface area contributed by atoms with Crippen molar-refractivity contribution < 1.29 is 4.74 Å². The summed E-state index contributed by atoms with van der Waals surface area (Å²) in [5.41, 5.74) is 7.67. The summed E-state index contributed by atoms with van der Waals surface area (Å²) >= 11 is 0. The molecule has 2 rings (SSSR count). The molecule has 0 radical (unpaired) electrons. The summed E-state index contributed by atoms with van der Waals surface area (Å²) in [4.78, 5) is 4.09. The van der Waals surface area contributed by atoms with Crippen molar-refractivity contribution in [2.45, 2.75) is 26.5 Å². The number of hydrogen-bond donors (Lipinski definition) is 1. The van der Waals surface area contributed by atoms with E-state index in [1.165, 1.54) is 0 Å². The first-order chi connectivity index (χ1) is 8.20. The Labute approximate surface area is 101 Å². The van der Waals surface area contributed by atoms with Crippen LogP contribution in [0.1, 0.15) is 19.5 Å². The summed E-state index contributed by atoms with van der Waals surface area (Å²) in [5.74, 6) is 0.873. The van der Waals surface area contributed by atoms with E-state index < -0.39 is 0 Å². The monoisotopic (exact) mass is 231 g/mol. The van der Waals surface area contributed by atoms with Gasteiger partial charge in [-0.15, -0.1) is 0 Å². The predicted molar refractivity (Wildman–Crippen MR) is 67.2 cm³/mol. The molecule has 90 valence electrons. The molecule has 2 N–H and O–H groups in total. The number of ether oxygens (including phenoxy) is 1. The van der Waals surface area contributed by atoms with Gasteiger partial charge in [0, 0.05) is 18.4 Å². The van der Waals surface area contributed by atoms with Gasteiger partial charge in [0.1, 0.15) is 5.75 Å². The van der Waals surface area contributed by atoms with E-state index in [4.69, 9.17) is 10.5 Å². The van der Waals surface area contributed by atoms with Gasteiger partial charge in [-0.2, -0.15) is 0 Å². The van der Waals surface area contributed by atoms with Crippen LogP contribution in [-0.4, -0.2) is 15.7 Å². The summed E-state index contributed by atoms with van der Waals surface area (Å²) in [7, 11) is 0. The van der Waals surface area contributed by atoms with Gasteiger partial charge < -0.3 is 15.0 Å². The zero-order valence-corrected chi connectivity index (χ0v) is 10.1. The molecule has 0 aliphatic rings. The highest BCUT2D eigenvalue weighted by atomic mass is 16.5. The maximum Gasteiger partial charge on any atom is 0.119 e. The fourth-order valence-corrected chi connectivity index (χ4v) is 1.66. The maximum atomic E-state index is 5.64. The molecule has 0 saturated carbocycles. The number of nitrogens with two attached hydrogens (primary N) is 1. The highest BCUT2D eigenvalue weighted by molar-refractivity contribution is 5.38. The lowest BCUT2D eigenvalue weighted by Crippen LogP contribution is -2.06. The predicted octanol–water partition coefficient (Wildman–Crippen LogP) is 2.12. The van der Waals surface area contributed by atoms with Gasteiger partial charge in [-0.25, -0.2) is 4.98 Å². The summed E-state index contributed by atoms with van der Waals surface area (Å²) < 4.78 is 7.56. The first kappa shape index (κ1) is 11.7. The van der Waals surface area contributed by atoms with Crippen LogP contribution in [0.3, 0.4) is 0 Å². The number of rotatable bonds is 4. The molecular formula is C13H17N3O. The van der Waals surface area contributed by atoms with Gasteiger partial charge in [-0.3, -0.25) is 0 Å². The lowest BCUT2D eigenvalue weighted by molar-refractivity contribution is 0.242. The Balaban J connectivity index is 2.23. The normalized spacial score (nSPS) is 10.8. The smallest absolute Gasteiger partial charge is 0.119 e. The average molecular weight is 231 g/mol. The van der Waals surface area contributed by atoms with Gasteiger partial charge in [-0.1, -0.05) is 0 Å². The molecule has 4 nitrogen and oxygen atoms in total. The summed E-state index contributed by atoms with van der Waals surface area (Å²) in [6.07, 6.45) is 3.73. The minimum absolute atomic E-state index is 0.189. The van der Waals surface area contributed by atoms with Crippen LogP contribution in [0.2, 0.25) is 0 Å². The minimum Gasteiger partial charge on any atom is -0.491 e. The molecule has 1 heterocycles. The van der Waals surface area contributed by atoms with Crippen molar-refractivity contribution in [3.05, 3.63) is 42.5 Å². The van der Waals surface area contributed by atoms with Gasteiger partial charge in [0.2, 0.25) is 0 Å². The van der Waals surface area contributed by atoms with Crippen molar-refractivity contribution in [3.63, 3.8) is 0 Å². The third kappa shape index (κ3) is 2.65. The molecule has 0 bridgehead atoms. The van der Waals surface area contributed by atoms with Crippen molar-refractivity contribution in [2.75, 3.05) is 0 Å². The zero-order chi connectivity index (χ0) is 12.3. The van der Waals surface area contributed by atoms with Crippen LogP contribution in [0.15, 0.2) is 36.8 Å². The van der Waals surface area contributed by atoms with Crippen LogP contribution < -0.4 is 10.5 Å². The molecule has 0 saturated heterocycles. The van der Waals surface area contributed by atoms with E-state index >= 15 is 0 Å². The fourth-order valence-electron chi connectivity index (χ4n) is 1.66. The Bertz CT molecular complexity index is 474. The number of aromatic nitrogens is 2. The lowest BCUT2D eigenvalue weighted by Gasteiger charge is -2.11. The molecular weight excluding hydrogens is 214 g/mol. The Hall–Kier alpha value is -1.81.